The van der Waals surface area contributed by atoms with Gasteiger partial charge in [-0.25, -0.2) is 4.79 Å². The summed E-state index contributed by atoms with van der Waals surface area (Å²) in [7, 11) is -2.58. The topological polar surface area (TPSA) is 83.9 Å². The largest absolute Gasteiger partial charge is 0.452 e. The van der Waals surface area contributed by atoms with E-state index < -0.39 is 16.4 Å². The Morgan fingerprint density at radius 2 is 1.91 bits per heavy atom. The molecule has 1 amide bonds. The number of carbonyl (C=O) groups excluding carboxylic acids is 1. The molecule has 0 aliphatic heterocycles. The number of methoxy groups -OCH3 is 1. The number of hydrogen-bond donors (Lipinski definition) is 1. The van der Waals surface area contributed by atoms with Crippen molar-refractivity contribution in [2.24, 2.45) is 0 Å². The fraction of sp³-hybridized carbons (Fsp3) is 0.667. The van der Waals surface area contributed by atoms with Crippen molar-refractivity contribution in [3.05, 3.63) is 0 Å². The fourth-order valence-electron chi connectivity index (χ4n) is 0.223. The molecule has 0 bridgehead atoms. The van der Waals surface area contributed by atoms with Gasteiger partial charge in [0.25, 0.3) is 0 Å². The third-order valence-electron chi connectivity index (χ3n) is 0.778. The van der Waals surface area contributed by atoms with E-state index in [0.717, 1.165) is 14.2 Å². The van der Waals surface area contributed by atoms with Crippen LogP contribution in [0.15, 0.2) is 0 Å². The summed E-state index contributed by atoms with van der Waals surface area (Å²) in [5.41, 5.74) is 0. The summed E-state index contributed by atoms with van der Waals surface area (Å²) in [5.74, 6) is 0. The van der Waals surface area contributed by atoms with Gasteiger partial charge in [-0.15, -0.1) is 12.4 Å². The molecule has 0 rings (SSSR count). The van der Waals surface area contributed by atoms with Gasteiger partial charge in [-0.1, -0.05) is 0 Å². The Balaban J connectivity index is 0. The van der Waals surface area contributed by atoms with E-state index in [4.69, 9.17) is 4.55 Å². The molecule has 8 heteroatoms. The molecule has 0 aromatic rings. The predicted molar refractivity (Wildman–Crippen MR) is 39.0 cm³/mol. The monoisotopic (exact) mass is 205 g/mol. The summed E-state index contributed by atoms with van der Waals surface area (Å²) < 4.78 is 32.5. The Labute approximate surface area is 70.4 Å². The first-order valence-corrected chi connectivity index (χ1v) is 3.58. The summed E-state index contributed by atoms with van der Waals surface area (Å²) >= 11 is 0. The van der Waals surface area contributed by atoms with Crippen LogP contribution in [0.5, 0.6) is 0 Å². The van der Waals surface area contributed by atoms with Crippen LogP contribution in [-0.4, -0.2) is 37.5 Å². The van der Waals surface area contributed by atoms with E-state index in [1.54, 1.807) is 0 Å². The highest BCUT2D eigenvalue weighted by molar-refractivity contribution is 7.83. The molecule has 0 saturated heterocycles. The van der Waals surface area contributed by atoms with Crippen molar-refractivity contribution >= 4 is 28.8 Å². The molecule has 0 atom stereocenters. The zero-order chi connectivity index (χ0) is 8.36. The van der Waals surface area contributed by atoms with Crippen LogP contribution in [0.2, 0.25) is 0 Å². The molecule has 0 aromatic carbocycles. The minimum atomic E-state index is -4.46. The second-order valence-electron chi connectivity index (χ2n) is 1.42. The molecule has 0 heterocycles. The number of amides is 1. The minimum absolute atomic E-state index is 0. The van der Waals surface area contributed by atoms with Crippen molar-refractivity contribution in [3.8, 4) is 0 Å². The molecule has 0 saturated carbocycles. The van der Waals surface area contributed by atoms with E-state index in [-0.39, 0.29) is 16.7 Å². The maximum absolute atomic E-state index is 10.3. The number of rotatable bonds is 1. The minimum Gasteiger partial charge on any atom is -0.452 e. The summed E-state index contributed by atoms with van der Waals surface area (Å²) in [6.45, 7) is 0. The van der Waals surface area contributed by atoms with Crippen molar-refractivity contribution in [1.82, 2.24) is 4.31 Å². The maximum atomic E-state index is 10.3. The highest BCUT2D eigenvalue weighted by Crippen LogP contribution is 1.94. The van der Waals surface area contributed by atoms with Gasteiger partial charge < -0.3 is 4.74 Å². The first-order chi connectivity index (χ1) is 4.39. The molecule has 1 N–H and O–H groups in total. The zero-order valence-electron chi connectivity index (χ0n) is 5.84. The average Bonchev–Trinajstić information content (AvgIpc) is 1.83. The van der Waals surface area contributed by atoms with Crippen LogP contribution < -0.4 is 0 Å². The summed E-state index contributed by atoms with van der Waals surface area (Å²) in [5, 5.41) is 0. The summed E-state index contributed by atoms with van der Waals surface area (Å²) in [6, 6.07) is 0. The lowest BCUT2D eigenvalue weighted by Crippen LogP contribution is -2.32. The van der Waals surface area contributed by atoms with E-state index in [1.165, 1.54) is 0 Å². The Kier molecular flexibility index (Phi) is 5.20. The first-order valence-electron chi connectivity index (χ1n) is 2.19. The molecule has 68 valence electrons. The molecule has 11 heavy (non-hydrogen) atoms. The van der Waals surface area contributed by atoms with Gasteiger partial charge in [0, 0.05) is 7.05 Å². The molecule has 0 spiro atoms. The van der Waals surface area contributed by atoms with Gasteiger partial charge in [0.15, 0.2) is 0 Å². The number of hydrogen-bond acceptors (Lipinski definition) is 4. The lowest BCUT2D eigenvalue weighted by Gasteiger charge is -2.09. The standard InChI is InChI=1S/C3H7NO5S.ClH/c1-4(3(5)9-2)10(6,7)8;/h1-2H3,(H,6,7,8);1H. The van der Waals surface area contributed by atoms with Crippen LogP contribution in [0, 0.1) is 0 Å². The SMILES string of the molecule is COC(=O)N(C)S(=O)(=O)O.Cl. The van der Waals surface area contributed by atoms with E-state index in [1.807, 2.05) is 0 Å². The third kappa shape index (κ3) is 4.02. The summed E-state index contributed by atoms with van der Waals surface area (Å²) in [6.07, 6.45) is -1.14. The number of carbonyl (C=O) groups is 1. The number of halogens is 1. The average molecular weight is 206 g/mol. The number of ether oxygens (including phenoxy) is 1. The molecule has 0 aliphatic carbocycles. The molecule has 0 unspecified atom stereocenters. The van der Waals surface area contributed by atoms with Gasteiger partial charge in [-0.05, 0) is 0 Å². The summed E-state index contributed by atoms with van der Waals surface area (Å²) in [4.78, 5) is 10.3. The van der Waals surface area contributed by atoms with E-state index in [9.17, 15) is 13.2 Å². The van der Waals surface area contributed by atoms with E-state index in [2.05, 4.69) is 4.74 Å². The fourth-order valence-corrected chi connectivity index (χ4v) is 0.486. The lowest BCUT2D eigenvalue weighted by molar-refractivity contribution is 0.152. The van der Waals surface area contributed by atoms with Gasteiger partial charge in [-0.3, -0.25) is 4.55 Å². The van der Waals surface area contributed by atoms with Crippen molar-refractivity contribution in [1.29, 1.82) is 0 Å². The Hall–Kier alpha value is -0.530. The molecule has 0 aliphatic rings. The smallest absolute Gasteiger partial charge is 0.424 e. The van der Waals surface area contributed by atoms with Crippen LogP contribution in [0.25, 0.3) is 0 Å². The van der Waals surface area contributed by atoms with Crippen LogP contribution in [0.4, 0.5) is 4.79 Å². The van der Waals surface area contributed by atoms with Gasteiger partial charge in [0.1, 0.15) is 0 Å². The van der Waals surface area contributed by atoms with Gasteiger partial charge >= 0.3 is 16.4 Å². The van der Waals surface area contributed by atoms with Gasteiger partial charge in [0.05, 0.1) is 7.11 Å². The van der Waals surface area contributed by atoms with E-state index >= 15 is 0 Å². The van der Waals surface area contributed by atoms with Gasteiger partial charge in [-0.2, -0.15) is 12.7 Å². The van der Waals surface area contributed by atoms with Crippen molar-refractivity contribution in [3.63, 3.8) is 0 Å². The predicted octanol–water partition coefficient (Wildman–Crippen LogP) is -0.0908. The second kappa shape index (κ2) is 4.37. The highest BCUT2D eigenvalue weighted by atomic mass is 35.5. The molecule has 0 fully saturated rings. The highest BCUT2D eigenvalue weighted by Gasteiger charge is 2.20. The molecular formula is C3H8ClNO5S. The maximum Gasteiger partial charge on any atom is 0.424 e. The van der Waals surface area contributed by atoms with Crippen LogP contribution in [-0.2, 0) is 15.0 Å². The second-order valence-corrected chi connectivity index (χ2v) is 2.86. The van der Waals surface area contributed by atoms with Crippen LogP contribution in [0.1, 0.15) is 0 Å². The normalized spacial score (nSPS) is 9.73. The number of nitrogens with zero attached hydrogens (tertiary/aromatic N) is 1. The quantitative estimate of drug-likeness (QED) is 0.605. The Bertz CT molecular complexity index is 224. The third-order valence-corrected chi connectivity index (χ3v) is 1.62. The molecule has 0 radical (unpaired) electrons. The van der Waals surface area contributed by atoms with E-state index in [0.29, 0.717) is 0 Å². The molecule has 6 nitrogen and oxygen atoms in total. The first kappa shape index (κ1) is 13.1. The van der Waals surface area contributed by atoms with Crippen molar-refractivity contribution < 1.29 is 22.5 Å². The molecular weight excluding hydrogens is 198 g/mol. The zero-order valence-corrected chi connectivity index (χ0v) is 7.48. The van der Waals surface area contributed by atoms with Crippen molar-refractivity contribution in [2.45, 2.75) is 0 Å². The lowest BCUT2D eigenvalue weighted by atomic mass is 11.1. The van der Waals surface area contributed by atoms with Crippen LogP contribution in [0.3, 0.4) is 0 Å². The van der Waals surface area contributed by atoms with Gasteiger partial charge in [0.2, 0.25) is 0 Å². The molecule has 0 aromatic heterocycles. The Morgan fingerprint density at radius 1 is 1.55 bits per heavy atom. The van der Waals surface area contributed by atoms with Crippen molar-refractivity contribution in [2.75, 3.05) is 14.2 Å². The van der Waals surface area contributed by atoms with Crippen LogP contribution >= 0.6 is 12.4 Å². The Morgan fingerprint density at radius 3 is 2.00 bits per heavy atom.